The first kappa shape index (κ1) is 26.0. The molecule has 1 atom stereocenters. The molecule has 0 aliphatic heterocycles. The quantitative estimate of drug-likeness (QED) is 0.188. The highest BCUT2D eigenvalue weighted by Gasteiger charge is 2.24. The minimum Gasteiger partial charge on any atom is -0.755 e. The lowest BCUT2D eigenvalue weighted by Crippen LogP contribution is -2.28. The van der Waals surface area contributed by atoms with Crippen LogP contribution in [0.15, 0.2) is 66.7 Å². The summed E-state index contributed by atoms with van der Waals surface area (Å²) < 4.78 is 35.2. The van der Waals surface area contributed by atoms with Crippen LogP contribution in [0, 0.1) is 3.57 Å². The van der Waals surface area contributed by atoms with E-state index in [1.54, 1.807) is 36.4 Å². The molecule has 1 aromatic heterocycles. The third-order valence-corrected chi connectivity index (χ3v) is 7.45. The third kappa shape index (κ3) is 6.38. The van der Waals surface area contributed by atoms with E-state index in [2.05, 4.69) is 36.7 Å². The molecule has 3 aromatic carbocycles. The number of benzene rings is 3. The van der Waals surface area contributed by atoms with Gasteiger partial charge >= 0.3 is 0 Å². The van der Waals surface area contributed by atoms with Crippen molar-refractivity contribution < 1.29 is 13.6 Å². The van der Waals surface area contributed by atoms with Crippen LogP contribution in [0.5, 0.6) is 0 Å². The Morgan fingerprint density at radius 2 is 1.86 bits per heavy atom. The normalized spacial score (nSPS) is 11.8. The van der Waals surface area contributed by atoms with Gasteiger partial charge in [0, 0.05) is 26.6 Å². The van der Waals surface area contributed by atoms with Crippen LogP contribution in [-0.4, -0.2) is 23.4 Å². The second-order valence-corrected chi connectivity index (χ2v) is 10.7. The molecule has 7 nitrogen and oxygen atoms in total. The molecule has 1 unspecified atom stereocenters. The van der Waals surface area contributed by atoms with Gasteiger partial charge in [0.2, 0.25) is 0 Å². The number of carbonyl (C=O) groups excluding carboxylic acids is 1. The monoisotopic (exact) mass is 657 g/mol. The largest absolute Gasteiger partial charge is 0.755 e. The number of amides is 1. The molecule has 35 heavy (non-hydrogen) atoms. The summed E-state index contributed by atoms with van der Waals surface area (Å²) in [6, 6.07) is 19.4. The second-order valence-electron chi connectivity index (χ2n) is 7.29. The van der Waals surface area contributed by atoms with Crippen molar-refractivity contribution in [2.45, 2.75) is 13.0 Å². The van der Waals surface area contributed by atoms with Gasteiger partial charge in [-0.1, -0.05) is 59.6 Å². The Bertz CT molecular complexity index is 1390. The van der Waals surface area contributed by atoms with E-state index in [1.165, 1.54) is 0 Å². The van der Waals surface area contributed by atoms with Crippen LogP contribution in [-0.2, 0) is 24.2 Å². The fraction of sp³-hybridized carbons (Fsp3) is 0.0870. The lowest BCUT2D eigenvalue weighted by molar-refractivity contribution is 0.0951. The summed E-state index contributed by atoms with van der Waals surface area (Å²) in [4.78, 5) is 13.2. The molecule has 0 saturated heterocycles. The van der Waals surface area contributed by atoms with Crippen molar-refractivity contribution in [3.63, 3.8) is 0 Å². The number of nitrogens with one attached hydrogen (secondary N) is 1. The van der Waals surface area contributed by atoms with Crippen molar-refractivity contribution in [3.8, 4) is 0 Å². The van der Waals surface area contributed by atoms with Crippen LogP contribution in [0.2, 0.25) is 10.0 Å². The zero-order valence-electron chi connectivity index (χ0n) is 17.8. The molecule has 0 aliphatic carbocycles. The molecule has 0 fully saturated rings. The minimum absolute atomic E-state index is 0.137. The van der Waals surface area contributed by atoms with Gasteiger partial charge < -0.3 is 9.87 Å². The Labute approximate surface area is 232 Å². The fourth-order valence-electron chi connectivity index (χ4n) is 3.32. The predicted octanol–water partition coefficient (Wildman–Crippen LogP) is 5.90. The van der Waals surface area contributed by atoms with Crippen molar-refractivity contribution in [1.29, 1.82) is 0 Å². The average molecular weight is 658 g/mol. The second kappa shape index (κ2) is 11.8. The Hall–Kier alpha value is -2.09. The van der Waals surface area contributed by atoms with Crippen molar-refractivity contribution >= 4 is 86.2 Å². The van der Waals surface area contributed by atoms with Gasteiger partial charge in [0.1, 0.15) is 5.69 Å². The van der Waals surface area contributed by atoms with Crippen molar-refractivity contribution in [3.05, 3.63) is 103 Å². The maximum Gasteiger partial charge on any atom is 0.253 e. The molecule has 180 valence electrons. The first-order valence-corrected chi connectivity index (χ1v) is 13.7. The van der Waals surface area contributed by atoms with Crippen molar-refractivity contribution in [2.24, 2.45) is 0 Å². The number of rotatable bonds is 8. The van der Waals surface area contributed by atoms with Crippen molar-refractivity contribution in [2.75, 3.05) is 4.31 Å². The van der Waals surface area contributed by atoms with E-state index in [0.717, 1.165) is 25.2 Å². The van der Waals surface area contributed by atoms with Crippen LogP contribution in [0.25, 0.3) is 0 Å². The van der Waals surface area contributed by atoms with Crippen LogP contribution in [0.1, 0.15) is 27.2 Å². The van der Waals surface area contributed by atoms with E-state index in [9.17, 15) is 13.6 Å². The molecule has 12 heteroatoms. The molecule has 0 bridgehead atoms. The molecular formula is C23H16Cl2IN4O3S2-. The first-order valence-electron chi connectivity index (χ1n) is 10.1. The number of halogens is 3. The third-order valence-electron chi connectivity index (χ3n) is 4.97. The number of carbonyl (C=O) groups is 1. The first-order chi connectivity index (χ1) is 16.8. The Morgan fingerprint density at radius 1 is 1.09 bits per heavy atom. The predicted molar refractivity (Wildman–Crippen MR) is 147 cm³/mol. The van der Waals surface area contributed by atoms with E-state index in [1.807, 2.05) is 30.3 Å². The zero-order chi connectivity index (χ0) is 24.9. The summed E-state index contributed by atoms with van der Waals surface area (Å²) in [5.41, 5.74) is 2.46. The molecule has 0 spiro atoms. The number of nitrogens with zero attached hydrogens (tertiary/aromatic N) is 3. The van der Waals surface area contributed by atoms with Gasteiger partial charge in [0.25, 0.3) is 5.91 Å². The van der Waals surface area contributed by atoms with Gasteiger partial charge in [-0.05, 0) is 64.0 Å². The van der Waals surface area contributed by atoms with Gasteiger partial charge in [0.15, 0.2) is 5.82 Å². The molecule has 0 saturated carbocycles. The number of anilines is 2. The highest BCUT2D eigenvalue weighted by molar-refractivity contribution is 14.1. The topological polar surface area (TPSA) is 98.2 Å². The van der Waals surface area contributed by atoms with Gasteiger partial charge in [-0.2, -0.15) is 8.75 Å². The highest BCUT2D eigenvalue weighted by Crippen LogP contribution is 2.33. The van der Waals surface area contributed by atoms with E-state index in [4.69, 9.17) is 23.2 Å². The maximum absolute atomic E-state index is 13.2. The Kier molecular flexibility index (Phi) is 8.73. The fourth-order valence-corrected chi connectivity index (χ4v) is 5.47. The lowest BCUT2D eigenvalue weighted by atomic mass is 10.1. The number of hydrogen-bond donors (Lipinski definition) is 1. The van der Waals surface area contributed by atoms with Gasteiger partial charge in [0.05, 0.1) is 34.2 Å². The van der Waals surface area contributed by atoms with E-state index < -0.39 is 17.2 Å². The zero-order valence-corrected chi connectivity index (χ0v) is 23.1. The smallest absolute Gasteiger partial charge is 0.253 e. The highest BCUT2D eigenvalue weighted by atomic mass is 127. The molecule has 1 heterocycles. The summed E-state index contributed by atoms with van der Waals surface area (Å²) in [6.07, 6.45) is 0.390. The van der Waals surface area contributed by atoms with E-state index in [-0.39, 0.29) is 23.6 Å². The van der Waals surface area contributed by atoms with Crippen LogP contribution in [0.4, 0.5) is 11.5 Å². The van der Waals surface area contributed by atoms with Gasteiger partial charge in [-0.15, -0.1) is 0 Å². The standard InChI is InChI=1S/C23H17Cl2IN4O3S2/c24-16-7-6-15(19(25)11-16)13-27-23(31)18-9-8-17(26)12-21(18)30(35(32)33)22-20(28-34-29-22)10-14-4-2-1-3-5-14/h1-9,11-12H,10,13H2,(H,27,31)(H,32,33)/p-1. The molecule has 0 aliphatic rings. The van der Waals surface area contributed by atoms with Gasteiger partial charge in [-0.3, -0.25) is 13.3 Å². The van der Waals surface area contributed by atoms with Crippen molar-refractivity contribution in [1.82, 2.24) is 14.1 Å². The maximum atomic E-state index is 13.2. The Morgan fingerprint density at radius 3 is 2.57 bits per heavy atom. The Balaban J connectivity index is 1.67. The molecule has 0 radical (unpaired) electrons. The molecular weight excluding hydrogens is 642 g/mol. The summed E-state index contributed by atoms with van der Waals surface area (Å²) in [6.45, 7) is 0.137. The summed E-state index contributed by atoms with van der Waals surface area (Å²) >= 11 is 12.4. The summed E-state index contributed by atoms with van der Waals surface area (Å²) in [5.74, 6) is -0.311. The van der Waals surface area contributed by atoms with Crippen LogP contribution in [0.3, 0.4) is 0 Å². The molecule has 1 N–H and O–H groups in total. The molecule has 1 amide bonds. The van der Waals surface area contributed by atoms with E-state index >= 15 is 0 Å². The molecule has 4 aromatic rings. The average Bonchev–Trinajstić information content (AvgIpc) is 3.26. The number of hydrogen-bond acceptors (Lipinski definition) is 6. The SMILES string of the molecule is O=C(NCc1ccc(Cl)cc1Cl)c1ccc(I)cc1N(c1nsnc1Cc1ccccc1)S(=O)[O-]. The summed E-state index contributed by atoms with van der Waals surface area (Å²) in [5, 5.41) is 3.71. The number of aromatic nitrogens is 2. The van der Waals surface area contributed by atoms with Gasteiger partial charge in [-0.25, -0.2) is 0 Å². The minimum atomic E-state index is -2.76. The summed E-state index contributed by atoms with van der Waals surface area (Å²) in [7, 11) is 0. The lowest BCUT2D eigenvalue weighted by Gasteiger charge is -2.27. The van der Waals surface area contributed by atoms with Crippen LogP contribution >= 0.6 is 57.5 Å². The molecule has 4 rings (SSSR count). The van der Waals surface area contributed by atoms with E-state index in [0.29, 0.717) is 27.7 Å². The van der Waals surface area contributed by atoms with Crippen LogP contribution < -0.4 is 9.62 Å².